The smallest absolute Gasteiger partial charge is 0.184 e. The minimum atomic E-state index is -3.34. The van der Waals surface area contributed by atoms with Gasteiger partial charge in [-0.2, -0.15) is 10.4 Å². The quantitative estimate of drug-likeness (QED) is 0.159. The van der Waals surface area contributed by atoms with Gasteiger partial charge >= 0.3 is 0 Å². The number of allylic oxidation sites excluding steroid dienone is 4. The molecule has 4 heterocycles. The number of nitrogens with zero attached hydrogens (tertiary/aromatic N) is 5. The molecule has 244 valence electrons. The Morgan fingerprint density at radius 3 is 2.16 bits per heavy atom. The summed E-state index contributed by atoms with van der Waals surface area (Å²) in [6, 6.07) is 38.4. The minimum absolute atomic E-state index is 0.0458. The zero-order valence-electron chi connectivity index (χ0n) is 27.1. The van der Waals surface area contributed by atoms with Gasteiger partial charge in [0, 0.05) is 41.3 Å². The van der Waals surface area contributed by atoms with Gasteiger partial charge in [-0.3, -0.25) is 9.08 Å². The van der Waals surface area contributed by atoms with Crippen molar-refractivity contribution < 1.29 is 8.42 Å². The first kappa shape index (κ1) is 31.4. The lowest BCUT2D eigenvalue weighted by atomic mass is 9.70. The third-order valence-corrected chi connectivity index (χ3v) is 12.3. The molecule has 0 fully saturated rings. The van der Waals surface area contributed by atoms with Crippen LogP contribution >= 0.6 is 11.3 Å². The first-order valence-electron chi connectivity index (χ1n) is 16.2. The Bertz CT molecular complexity index is 2520. The molecular weight excluding hydrogens is 659 g/mol. The van der Waals surface area contributed by atoms with Crippen molar-refractivity contribution >= 4 is 26.8 Å². The van der Waals surface area contributed by atoms with Crippen molar-refractivity contribution in [1.82, 2.24) is 19.2 Å². The highest BCUT2D eigenvalue weighted by Crippen LogP contribution is 2.46. The number of nitriles is 1. The van der Waals surface area contributed by atoms with Crippen LogP contribution in [0.1, 0.15) is 23.1 Å². The highest BCUT2D eigenvalue weighted by Gasteiger charge is 2.44. The standard InChI is InChI=1S/C41H31N5O2S2/c1-50(47,48)39-24-22-37(49-39)36-26-43-38-23-21-31(27-45(36)38)35-28-46(44-40(35)30-19-17-29(25-42)18-20-30)41(32-11-5-2-6-12-32,33-13-7-3-8-14-33)34-15-9-4-10-16-34/h2-15,17-24,26-28,34H,16H2,1H3. The van der Waals surface area contributed by atoms with Crippen LogP contribution in [0.3, 0.4) is 0 Å². The second kappa shape index (κ2) is 12.6. The van der Waals surface area contributed by atoms with E-state index >= 15 is 0 Å². The molecule has 1 atom stereocenters. The van der Waals surface area contributed by atoms with Crippen LogP contribution in [0, 0.1) is 17.2 Å². The fourth-order valence-corrected chi connectivity index (χ4v) is 8.90. The van der Waals surface area contributed by atoms with Crippen LogP contribution < -0.4 is 0 Å². The fraction of sp³-hybridized carbons (Fsp3) is 0.0976. The molecule has 4 aromatic heterocycles. The Kier molecular flexibility index (Phi) is 7.91. The normalized spacial score (nSPS) is 14.6. The second-order valence-electron chi connectivity index (χ2n) is 12.4. The number of hydrogen-bond acceptors (Lipinski definition) is 6. The van der Waals surface area contributed by atoms with E-state index in [2.05, 4.69) is 94.8 Å². The molecule has 50 heavy (non-hydrogen) atoms. The second-order valence-corrected chi connectivity index (χ2v) is 15.7. The van der Waals surface area contributed by atoms with Gasteiger partial charge in [-0.15, -0.1) is 11.3 Å². The number of sulfone groups is 1. The summed E-state index contributed by atoms with van der Waals surface area (Å²) in [5.41, 5.74) is 7.13. The predicted octanol–water partition coefficient (Wildman–Crippen LogP) is 8.79. The van der Waals surface area contributed by atoms with Gasteiger partial charge < -0.3 is 0 Å². The van der Waals surface area contributed by atoms with E-state index in [1.807, 2.05) is 65.2 Å². The summed E-state index contributed by atoms with van der Waals surface area (Å²) in [5, 5.41) is 15.0. The highest BCUT2D eigenvalue weighted by atomic mass is 32.2. The van der Waals surface area contributed by atoms with Crippen LogP contribution in [0.25, 0.3) is 38.6 Å². The summed E-state index contributed by atoms with van der Waals surface area (Å²) in [6.45, 7) is 0. The summed E-state index contributed by atoms with van der Waals surface area (Å²) in [5.74, 6) is 0.0458. The van der Waals surface area contributed by atoms with E-state index in [0.29, 0.717) is 9.77 Å². The molecule has 1 aliphatic rings. The number of rotatable bonds is 8. The summed E-state index contributed by atoms with van der Waals surface area (Å²) < 4.78 is 29.0. The molecule has 3 aromatic carbocycles. The van der Waals surface area contributed by atoms with Gasteiger partial charge in [-0.05, 0) is 53.9 Å². The average molecular weight is 690 g/mol. The summed E-state index contributed by atoms with van der Waals surface area (Å²) in [4.78, 5) is 5.45. The average Bonchev–Trinajstić information content (AvgIpc) is 3.92. The molecule has 7 aromatic rings. The van der Waals surface area contributed by atoms with Gasteiger partial charge in [0.05, 0.1) is 28.4 Å². The van der Waals surface area contributed by atoms with Crippen LogP contribution in [-0.4, -0.2) is 33.8 Å². The lowest BCUT2D eigenvalue weighted by Gasteiger charge is -2.41. The first-order valence-corrected chi connectivity index (χ1v) is 18.9. The Morgan fingerprint density at radius 2 is 1.54 bits per heavy atom. The summed E-state index contributed by atoms with van der Waals surface area (Å²) in [7, 11) is -3.34. The molecule has 1 unspecified atom stereocenters. The number of aromatic nitrogens is 4. The van der Waals surface area contributed by atoms with E-state index < -0.39 is 15.4 Å². The zero-order valence-corrected chi connectivity index (χ0v) is 28.7. The van der Waals surface area contributed by atoms with Crippen LogP contribution in [0.5, 0.6) is 0 Å². The number of hydrogen-bond donors (Lipinski definition) is 0. The van der Waals surface area contributed by atoms with Gasteiger partial charge in [0.2, 0.25) is 0 Å². The maximum absolute atomic E-state index is 12.3. The van der Waals surface area contributed by atoms with Gasteiger partial charge in [0.1, 0.15) is 21.1 Å². The molecule has 8 rings (SSSR count). The number of thiophene rings is 1. The van der Waals surface area contributed by atoms with E-state index in [4.69, 9.17) is 5.10 Å². The number of benzene rings is 3. The van der Waals surface area contributed by atoms with Crippen molar-refractivity contribution in [2.24, 2.45) is 5.92 Å². The molecule has 1 aliphatic carbocycles. The number of pyridine rings is 1. The lowest BCUT2D eigenvalue weighted by molar-refractivity contribution is 0.293. The fourth-order valence-electron chi connectivity index (χ4n) is 6.97. The lowest BCUT2D eigenvalue weighted by Crippen LogP contribution is -2.43. The SMILES string of the molecule is CS(=O)(=O)c1ccc(-c2cnc3ccc(-c4cn(C(c5ccccc5)(c5ccccc5)C5C=CC=CC5)nc4-c4ccc(C#N)cc4)cn23)s1. The van der Waals surface area contributed by atoms with Gasteiger partial charge in [-0.1, -0.05) is 97.1 Å². The van der Waals surface area contributed by atoms with Crippen molar-refractivity contribution in [3.05, 3.63) is 169 Å². The molecule has 0 N–H and O–H groups in total. The molecule has 0 bridgehead atoms. The molecule has 0 amide bonds. The Hall–Kier alpha value is -5.82. The van der Waals surface area contributed by atoms with E-state index in [-0.39, 0.29) is 5.92 Å². The largest absolute Gasteiger partial charge is 0.298 e. The minimum Gasteiger partial charge on any atom is -0.298 e. The van der Waals surface area contributed by atoms with E-state index in [0.717, 1.165) is 56.2 Å². The van der Waals surface area contributed by atoms with Gasteiger partial charge in [-0.25, -0.2) is 13.4 Å². The predicted molar refractivity (Wildman–Crippen MR) is 198 cm³/mol. The Morgan fingerprint density at radius 1 is 0.840 bits per heavy atom. The van der Waals surface area contributed by atoms with Crippen LogP contribution in [0.2, 0.25) is 0 Å². The topological polar surface area (TPSA) is 93.0 Å². The van der Waals surface area contributed by atoms with E-state index in [9.17, 15) is 13.7 Å². The number of fused-ring (bicyclic) bond motifs is 1. The van der Waals surface area contributed by atoms with Crippen molar-refractivity contribution in [1.29, 1.82) is 5.26 Å². The summed E-state index contributed by atoms with van der Waals surface area (Å²) >= 11 is 1.23. The van der Waals surface area contributed by atoms with Crippen LogP contribution in [-0.2, 0) is 15.4 Å². The third kappa shape index (κ3) is 5.39. The monoisotopic (exact) mass is 689 g/mol. The van der Waals surface area contributed by atoms with Crippen LogP contribution in [0.4, 0.5) is 0 Å². The van der Waals surface area contributed by atoms with Crippen molar-refractivity contribution in [2.75, 3.05) is 6.26 Å². The molecule has 9 heteroatoms. The molecule has 0 spiro atoms. The maximum Gasteiger partial charge on any atom is 0.184 e. The van der Waals surface area contributed by atoms with Gasteiger partial charge in [0.15, 0.2) is 9.84 Å². The van der Waals surface area contributed by atoms with Crippen molar-refractivity contribution in [2.45, 2.75) is 16.2 Å². The summed E-state index contributed by atoms with van der Waals surface area (Å²) in [6.07, 6.45) is 16.7. The Labute approximate surface area is 294 Å². The number of imidazole rings is 1. The van der Waals surface area contributed by atoms with E-state index in [1.54, 1.807) is 12.3 Å². The zero-order chi connectivity index (χ0) is 34.3. The highest BCUT2D eigenvalue weighted by molar-refractivity contribution is 7.92. The molecule has 7 nitrogen and oxygen atoms in total. The molecule has 0 aliphatic heterocycles. The van der Waals surface area contributed by atoms with E-state index in [1.165, 1.54) is 17.6 Å². The molecule has 0 saturated carbocycles. The first-order chi connectivity index (χ1) is 24.4. The van der Waals surface area contributed by atoms with Crippen molar-refractivity contribution in [3.63, 3.8) is 0 Å². The van der Waals surface area contributed by atoms with Crippen LogP contribution in [0.15, 0.2) is 156 Å². The maximum atomic E-state index is 12.3. The van der Waals surface area contributed by atoms with Crippen molar-refractivity contribution in [3.8, 4) is 39.0 Å². The molecule has 0 radical (unpaired) electrons. The Balaban J connectivity index is 1.39. The third-order valence-electron chi connectivity index (χ3n) is 9.32. The molecule has 0 saturated heterocycles. The molecular formula is C41H31N5O2S2. The van der Waals surface area contributed by atoms with Gasteiger partial charge in [0.25, 0.3) is 0 Å².